The van der Waals surface area contributed by atoms with Crippen LogP contribution in [0, 0.1) is 0 Å². The van der Waals surface area contributed by atoms with E-state index in [1.807, 2.05) is 21.1 Å². The van der Waals surface area contributed by atoms with Gasteiger partial charge in [0.25, 0.3) is 7.82 Å². The number of esters is 2. The lowest BCUT2D eigenvalue weighted by Crippen LogP contribution is -2.37. The fourth-order valence-corrected chi connectivity index (χ4v) is 10.6. The Morgan fingerprint density at radius 1 is 0.344 bits per heavy atom. The van der Waals surface area contributed by atoms with E-state index >= 15 is 0 Å². The van der Waals surface area contributed by atoms with Crippen LogP contribution in [0.25, 0.3) is 0 Å². The summed E-state index contributed by atoms with van der Waals surface area (Å²) in [6, 6.07) is 0. The zero-order chi connectivity index (χ0) is 65.5. The lowest BCUT2D eigenvalue weighted by atomic mass is 10.0. The van der Waals surface area contributed by atoms with Crippen LogP contribution in [0.5, 0.6) is 0 Å². The van der Waals surface area contributed by atoms with E-state index in [0.717, 1.165) is 122 Å². The second kappa shape index (κ2) is 69.2. The zero-order valence-electron chi connectivity index (χ0n) is 58.5. The van der Waals surface area contributed by atoms with E-state index in [9.17, 15) is 19.0 Å². The SMILES string of the molecule is CC/C=C\C/C=C\C/C=C\C/C=C\C/C=C\C/C=C\CCCCCCCCCCCCCCCCCCCCCCC(=O)OC(COC(=O)CCCCCCCCCC/C=C\C/C=C\C/C=C\C/C=C\C/C=C\C/C=C\CC)COP(=O)([O-])OCC[N+](C)(C)C. The Bertz CT molecular complexity index is 2030. The second-order valence-electron chi connectivity index (χ2n) is 25.2. The summed E-state index contributed by atoms with van der Waals surface area (Å²) in [6.45, 7) is 4.01. The number of quaternary nitrogens is 1. The molecule has 0 aromatic heterocycles. The van der Waals surface area contributed by atoms with Gasteiger partial charge in [-0.2, -0.15) is 0 Å². The molecule has 10 heteroatoms. The number of phosphoric ester groups is 1. The molecule has 0 aromatic carbocycles. The first-order chi connectivity index (χ1) is 44.0. The summed E-state index contributed by atoms with van der Waals surface area (Å²) in [5.41, 5.74) is 0. The number of nitrogens with zero attached hydrogens (tertiary/aromatic N) is 1. The summed E-state index contributed by atoms with van der Waals surface area (Å²) in [5, 5.41) is 0. The number of rotatable bonds is 66. The summed E-state index contributed by atoms with van der Waals surface area (Å²) < 4.78 is 34.3. The smallest absolute Gasteiger partial charge is 0.306 e. The van der Waals surface area contributed by atoms with Gasteiger partial charge in [-0.15, -0.1) is 0 Å². The molecule has 0 spiro atoms. The highest BCUT2D eigenvalue weighted by Gasteiger charge is 2.22. The number of unbranched alkanes of at least 4 members (excludes halogenated alkanes) is 28. The molecule has 0 saturated heterocycles. The Balaban J connectivity index is 4.03. The predicted octanol–water partition coefficient (Wildman–Crippen LogP) is 23.5. The van der Waals surface area contributed by atoms with Gasteiger partial charge in [-0.05, 0) is 116 Å². The molecule has 0 aromatic rings. The molecule has 9 nitrogen and oxygen atoms in total. The van der Waals surface area contributed by atoms with Crippen LogP contribution < -0.4 is 4.89 Å². The van der Waals surface area contributed by atoms with E-state index in [1.165, 1.54) is 135 Å². The van der Waals surface area contributed by atoms with E-state index in [2.05, 4.69) is 160 Å². The first-order valence-electron chi connectivity index (χ1n) is 36.5. The number of ether oxygens (including phenoxy) is 2. The normalized spacial score (nSPS) is 14.0. The van der Waals surface area contributed by atoms with Crippen molar-refractivity contribution in [3.63, 3.8) is 0 Å². The molecule has 0 heterocycles. The lowest BCUT2D eigenvalue weighted by Gasteiger charge is -2.28. The molecule has 0 radical (unpaired) electrons. The minimum absolute atomic E-state index is 0.0373. The lowest BCUT2D eigenvalue weighted by molar-refractivity contribution is -0.870. The van der Waals surface area contributed by atoms with E-state index < -0.39 is 32.5 Å². The number of carbonyl (C=O) groups is 2. The third-order valence-electron chi connectivity index (χ3n) is 15.4. The van der Waals surface area contributed by atoms with Gasteiger partial charge >= 0.3 is 11.9 Å². The maximum Gasteiger partial charge on any atom is 0.306 e. The van der Waals surface area contributed by atoms with Crippen molar-refractivity contribution in [2.24, 2.45) is 0 Å². The first kappa shape index (κ1) is 85.9. The van der Waals surface area contributed by atoms with Gasteiger partial charge in [-0.1, -0.05) is 314 Å². The van der Waals surface area contributed by atoms with Crippen molar-refractivity contribution in [3.8, 4) is 0 Å². The Morgan fingerprint density at radius 3 is 0.889 bits per heavy atom. The first-order valence-corrected chi connectivity index (χ1v) is 38.0. The molecular weight excluding hydrogens is 1130 g/mol. The molecule has 0 aliphatic rings. The Kier molecular flexibility index (Phi) is 66.1. The van der Waals surface area contributed by atoms with Crippen LogP contribution in [-0.2, 0) is 32.7 Å². The van der Waals surface area contributed by atoms with Crippen LogP contribution >= 0.6 is 7.82 Å². The Hall–Kier alpha value is -4.11. The van der Waals surface area contributed by atoms with E-state index in [4.69, 9.17) is 18.5 Å². The molecule has 90 heavy (non-hydrogen) atoms. The van der Waals surface area contributed by atoms with Crippen molar-refractivity contribution in [2.45, 2.75) is 302 Å². The maximum atomic E-state index is 12.9. The summed E-state index contributed by atoms with van der Waals surface area (Å²) in [4.78, 5) is 38.1. The van der Waals surface area contributed by atoms with E-state index in [0.29, 0.717) is 23.9 Å². The highest BCUT2D eigenvalue weighted by molar-refractivity contribution is 7.45. The van der Waals surface area contributed by atoms with Crippen LogP contribution in [0.1, 0.15) is 296 Å². The van der Waals surface area contributed by atoms with Crippen LogP contribution in [0.4, 0.5) is 0 Å². The fraction of sp³-hybridized carbons (Fsp3) is 0.675. The zero-order valence-corrected chi connectivity index (χ0v) is 59.4. The van der Waals surface area contributed by atoms with Crippen LogP contribution in [0.3, 0.4) is 0 Å². The minimum atomic E-state index is -4.65. The van der Waals surface area contributed by atoms with Crippen molar-refractivity contribution in [1.82, 2.24) is 0 Å². The highest BCUT2D eigenvalue weighted by Crippen LogP contribution is 2.38. The number of carbonyl (C=O) groups excluding carboxylic acids is 2. The van der Waals surface area contributed by atoms with Crippen LogP contribution in [-0.4, -0.2) is 70.0 Å². The molecular formula is C80H136NO8P. The monoisotopic (exact) mass is 1270 g/mol. The van der Waals surface area contributed by atoms with E-state index in [1.54, 1.807) is 0 Å². The molecule has 0 bridgehead atoms. The van der Waals surface area contributed by atoms with Crippen LogP contribution in [0.2, 0.25) is 0 Å². The standard InChI is InChI=1S/C80H136NO8P/c1-6-8-10-12-14-16-18-20-22-24-26-28-30-32-34-35-36-37-38-39-40-41-42-43-44-45-47-49-51-53-55-57-59-61-63-65-67-69-71-73-80(83)89-78(77-88-90(84,85)87-75-74-81(3,4)5)76-86-79(82)72-70-68-66-64-62-60-58-56-54-52-50-48-46-33-31-29-27-25-23-21-19-17-15-13-11-9-7-2/h8-11,14-17,20-23,26-29,32-34,36-37,46,50,52,78H,6-7,12-13,18-19,24-25,30-31,35,38-45,47-49,51,53-77H2,1-5H3/b10-8-,11-9-,16-14-,17-15-,22-20-,23-21-,28-26-,29-27-,34-32-,37-36-,46-33-,52-50-. The van der Waals surface area contributed by atoms with Gasteiger partial charge in [-0.25, -0.2) is 0 Å². The van der Waals surface area contributed by atoms with Crippen molar-refractivity contribution in [2.75, 3.05) is 47.5 Å². The van der Waals surface area contributed by atoms with Gasteiger partial charge in [0.15, 0.2) is 6.10 Å². The second-order valence-corrected chi connectivity index (χ2v) is 26.6. The number of phosphoric acid groups is 1. The molecule has 0 aliphatic heterocycles. The highest BCUT2D eigenvalue weighted by atomic mass is 31.2. The topological polar surface area (TPSA) is 111 Å². The van der Waals surface area contributed by atoms with Crippen molar-refractivity contribution < 1.29 is 42.1 Å². The minimum Gasteiger partial charge on any atom is -0.756 e. The molecule has 0 N–H and O–H groups in total. The molecule has 0 aliphatic carbocycles. The molecule has 514 valence electrons. The third kappa shape index (κ3) is 72.9. The van der Waals surface area contributed by atoms with Crippen molar-refractivity contribution in [3.05, 3.63) is 146 Å². The molecule has 2 atom stereocenters. The van der Waals surface area contributed by atoms with Gasteiger partial charge in [-0.3, -0.25) is 14.2 Å². The summed E-state index contributed by atoms with van der Waals surface area (Å²) in [6.07, 6.45) is 102. The third-order valence-corrected chi connectivity index (χ3v) is 16.3. The number of allylic oxidation sites excluding steroid dienone is 24. The summed E-state index contributed by atoms with van der Waals surface area (Å²) in [7, 11) is 1.15. The molecule has 2 unspecified atom stereocenters. The molecule has 0 saturated carbocycles. The van der Waals surface area contributed by atoms with Gasteiger partial charge in [0.1, 0.15) is 19.8 Å². The quantitative estimate of drug-likeness (QED) is 0.0195. The average molecular weight is 1270 g/mol. The molecule has 0 fully saturated rings. The fourth-order valence-electron chi connectivity index (χ4n) is 9.84. The number of hydrogen-bond acceptors (Lipinski definition) is 8. The maximum absolute atomic E-state index is 12.9. The largest absolute Gasteiger partial charge is 0.756 e. The van der Waals surface area contributed by atoms with E-state index in [-0.39, 0.29) is 26.1 Å². The van der Waals surface area contributed by atoms with Crippen LogP contribution in [0.15, 0.2) is 146 Å². The number of likely N-dealkylation sites (N-methyl/N-ethyl adjacent to an activating group) is 1. The Labute approximate surface area is 554 Å². The Morgan fingerprint density at radius 2 is 0.600 bits per heavy atom. The molecule has 0 amide bonds. The summed E-state index contributed by atoms with van der Waals surface area (Å²) in [5.74, 6) is -0.841. The van der Waals surface area contributed by atoms with Gasteiger partial charge in [0, 0.05) is 12.8 Å². The van der Waals surface area contributed by atoms with Gasteiger partial charge < -0.3 is 27.9 Å². The summed E-state index contributed by atoms with van der Waals surface area (Å²) >= 11 is 0. The van der Waals surface area contributed by atoms with Crippen molar-refractivity contribution >= 4 is 19.8 Å². The van der Waals surface area contributed by atoms with Gasteiger partial charge in [0.05, 0.1) is 27.7 Å². The number of hydrogen-bond donors (Lipinski definition) is 0. The average Bonchev–Trinajstić information content (AvgIpc) is 3.58. The molecule has 0 rings (SSSR count). The van der Waals surface area contributed by atoms with Gasteiger partial charge in [0.2, 0.25) is 0 Å². The van der Waals surface area contributed by atoms with Crippen molar-refractivity contribution in [1.29, 1.82) is 0 Å². The predicted molar refractivity (Wildman–Crippen MR) is 387 cm³/mol.